The van der Waals surface area contributed by atoms with E-state index in [1.54, 1.807) is 14.1 Å². The van der Waals surface area contributed by atoms with Gasteiger partial charge >= 0.3 is 0 Å². The van der Waals surface area contributed by atoms with Gasteiger partial charge in [0.05, 0.1) is 6.54 Å². The predicted molar refractivity (Wildman–Crippen MR) is 76.4 cm³/mol. The summed E-state index contributed by atoms with van der Waals surface area (Å²) in [7, 11) is 3.50. The van der Waals surface area contributed by atoms with Gasteiger partial charge < -0.3 is 15.4 Å². The summed E-state index contributed by atoms with van der Waals surface area (Å²) in [5, 5.41) is 13.0. The molecule has 1 aromatic carbocycles. The lowest BCUT2D eigenvalue weighted by molar-refractivity contribution is 0.296. The van der Waals surface area contributed by atoms with Gasteiger partial charge in [-0.3, -0.25) is 10.1 Å². The monoisotopic (exact) mass is 274 g/mol. The van der Waals surface area contributed by atoms with Crippen molar-refractivity contribution in [3.63, 3.8) is 0 Å². The summed E-state index contributed by atoms with van der Waals surface area (Å²) in [6.45, 7) is 0.854. The molecular formula is C13H18N6O. The van der Waals surface area contributed by atoms with Crippen LogP contribution in [0.15, 0.2) is 35.3 Å². The number of benzene rings is 1. The molecule has 0 radical (unpaired) electrons. The third-order valence-corrected chi connectivity index (χ3v) is 2.57. The molecule has 20 heavy (non-hydrogen) atoms. The number of hydrogen-bond donors (Lipinski definition) is 3. The highest BCUT2D eigenvalue weighted by Gasteiger charge is 2.04. The van der Waals surface area contributed by atoms with E-state index in [4.69, 9.17) is 4.74 Å². The Bertz CT molecular complexity index is 551. The number of para-hydroxylation sites is 1. The average Bonchev–Trinajstić information content (AvgIpc) is 2.95. The van der Waals surface area contributed by atoms with Crippen molar-refractivity contribution in [2.24, 2.45) is 4.99 Å². The molecule has 0 aliphatic heterocycles. The molecule has 3 N–H and O–H groups in total. The molecule has 0 atom stereocenters. The second-order valence-corrected chi connectivity index (χ2v) is 3.98. The Morgan fingerprint density at radius 1 is 1.35 bits per heavy atom. The third-order valence-electron chi connectivity index (χ3n) is 2.57. The van der Waals surface area contributed by atoms with Crippen LogP contribution in [-0.4, -0.2) is 35.2 Å². The van der Waals surface area contributed by atoms with Gasteiger partial charge in [0.2, 0.25) is 0 Å². The Balaban J connectivity index is 1.83. The number of rotatable bonds is 5. The van der Waals surface area contributed by atoms with Crippen LogP contribution in [0.2, 0.25) is 0 Å². The third kappa shape index (κ3) is 3.98. The number of aromatic nitrogens is 3. The van der Waals surface area contributed by atoms with E-state index in [1.807, 2.05) is 30.3 Å². The quantitative estimate of drug-likeness (QED) is 0.551. The lowest BCUT2D eigenvalue weighted by atomic mass is 10.3. The zero-order chi connectivity index (χ0) is 14.2. The van der Waals surface area contributed by atoms with Crippen molar-refractivity contribution in [1.29, 1.82) is 0 Å². The fourth-order valence-corrected chi connectivity index (χ4v) is 1.59. The summed E-state index contributed by atoms with van der Waals surface area (Å²) in [5.74, 6) is 2.84. The predicted octanol–water partition coefficient (Wildman–Crippen LogP) is 0.678. The van der Waals surface area contributed by atoms with Gasteiger partial charge in [0.15, 0.2) is 17.6 Å². The molecule has 1 aromatic heterocycles. The Kier molecular flexibility index (Phi) is 4.94. The number of hydrogen-bond acceptors (Lipinski definition) is 4. The summed E-state index contributed by atoms with van der Waals surface area (Å²) >= 11 is 0. The van der Waals surface area contributed by atoms with Gasteiger partial charge in [0.25, 0.3) is 0 Å². The highest BCUT2D eigenvalue weighted by Crippen LogP contribution is 2.09. The maximum Gasteiger partial charge on any atom is 0.191 e. The molecule has 0 aliphatic carbocycles. The second-order valence-electron chi connectivity index (χ2n) is 3.98. The van der Waals surface area contributed by atoms with Gasteiger partial charge in [-0.25, -0.2) is 4.98 Å². The zero-order valence-electron chi connectivity index (χ0n) is 11.6. The number of aliphatic imine (C=N–C) groups is 1. The maximum atomic E-state index is 5.58. The van der Waals surface area contributed by atoms with Crippen molar-refractivity contribution in [2.75, 3.05) is 14.1 Å². The molecule has 0 unspecified atom stereocenters. The molecule has 0 fully saturated rings. The van der Waals surface area contributed by atoms with E-state index in [9.17, 15) is 0 Å². The van der Waals surface area contributed by atoms with Crippen molar-refractivity contribution in [3.8, 4) is 5.75 Å². The molecule has 2 aromatic rings. The Morgan fingerprint density at radius 2 is 2.15 bits per heavy atom. The van der Waals surface area contributed by atoms with Crippen LogP contribution < -0.4 is 15.4 Å². The number of H-pyrrole nitrogens is 1. The van der Waals surface area contributed by atoms with E-state index in [1.165, 1.54) is 0 Å². The number of nitrogens with one attached hydrogen (secondary N) is 3. The molecule has 106 valence electrons. The topological polar surface area (TPSA) is 87.2 Å². The second kappa shape index (κ2) is 7.13. The highest BCUT2D eigenvalue weighted by atomic mass is 16.5. The van der Waals surface area contributed by atoms with Gasteiger partial charge in [-0.2, -0.15) is 5.10 Å². The van der Waals surface area contributed by atoms with Crippen LogP contribution >= 0.6 is 0 Å². The first kappa shape index (κ1) is 13.9. The number of nitrogens with zero attached hydrogens (tertiary/aromatic N) is 3. The molecular weight excluding hydrogens is 256 g/mol. The summed E-state index contributed by atoms with van der Waals surface area (Å²) in [5.41, 5.74) is 0. The van der Waals surface area contributed by atoms with Gasteiger partial charge in [0.1, 0.15) is 12.4 Å². The first-order valence-corrected chi connectivity index (χ1v) is 6.28. The molecule has 0 saturated carbocycles. The molecule has 0 saturated heterocycles. The fourth-order valence-electron chi connectivity index (χ4n) is 1.59. The first-order valence-electron chi connectivity index (χ1n) is 6.28. The zero-order valence-corrected chi connectivity index (χ0v) is 11.6. The van der Waals surface area contributed by atoms with Crippen molar-refractivity contribution in [1.82, 2.24) is 25.8 Å². The van der Waals surface area contributed by atoms with Crippen LogP contribution in [0.25, 0.3) is 0 Å². The van der Waals surface area contributed by atoms with Gasteiger partial charge in [0, 0.05) is 14.1 Å². The molecule has 0 aliphatic rings. The molecule has 0 spiro atoms. The first-order chi connectivity index (χ1) is 9.81. The van der Waals surface area contributed by atoms with E-state index in [0.29, 0.717) is 30.8 Å². The number of ether oxygens (including phenoxy) is 1. The number of aromatic amines is 1. The van der Waals surface area contributed by atoms with Crippen LogP contribution in [0.4, 0.5) is 0 Å². The smallest absolute Gasteiger partial charge is 0.191 e. The van der Waals surface area contributed by atoms with Crippen LogP contribution in [0.3, 0.4) is 0 Å². The molecule has 2 rings (SSSR count). The van der Waals surface area contributed by atoms with Crippen LogP contribution in [0.1, 0.15) is 11.6 Å². The lowest BCUT2D eigenvalue weighted by Crippen LogP contribution is -2.34. The molecule has 0 amide bonds. The standard InChI is InChI=1S/C13H18N6O/c1-14-13(15-2)16-8-11-17-12(19-18-11)9-20-10-6-4-3-5-7-10/h3-7H,8-9H2,1-2H3,(H2,14,15,16)(H,17,18,19). The normalized spacial score (nSPS) is 11.2. The fraction of sp³-hybridized carbons (Fsp3) is 0.308. The Hall–Kier alpha value is -2.57. The summed E-state index contributed by atoms with van der Waals surface area (Å²) in [6.07, 6.45) is 0. The molecule has 7 heteroatoms. The molecule has 7 nitrogen and oxygen atoms in total. The minimum Gasteiger partial charge on any atom is -0.486 e. The van der Waals surface area contributed by atoms with E-state index in [0.717, 1.165) is 5.75 Å². The van der Waals surface area contributed by atoms with Crippen molar-refractivity contribution in [3.05, 3.63) is 42.0 Å². The minimum atomic E-state index is 0.359. The van der Waals surface area contributed by atoms with Crippen LogP contribution in [0, 0.1) is 0 Å². The minimum absolute atomic E-state index is 0.359. The SMILES string of the molecule is CN=C(NC)NCc1n[nH]c(COc2ccccc2)n1. The summed E-state index contributed by atoms with van der Waals surface area (Å²) < 4.78 is 5.58. The van der Waals surface area contributed by atoms with Gasteiger partial charge in [-0.1, -0.05) is 18.2 Å². The van der Waals surface area contributed by atoms with E-state index in [-0.39, 0.29) is 0 Å². The largest absolute Gasteiger partial charge is 0.486 e. The van der Waals surface area contributed by atoms with Crippen LogP contribution in [0.5, 0.6) is 5.75 Å². The van der Waals surface area contributed by atoms with Gasteiger partial charge in [-0.15, -0.1) is 0 Å². The van der Waals surface area contributed by atoms with E-state index >= 15 is 0 Å². The van der Waals surface area contributed by atoms with E-state index in [2.05, 4.69) is 30.8 Å². The summed E-state index contributed by atoms with van der Waals surface area (Å²) in [4.78, 5) is 8.34. The average molecular weight is 274 g/mol. The Labute approximate surface area is 117 Å². The van der Waals surface area contributed by atoms with E-state index < -0.39 is 0 Å². The molecule has 1 heterocycles. The maximum absolute atomic E-state index is 5.58. The summed E-state index contributed by atoms with van der Waals surface area (Å²) in [6, 6.07) is 9.59. The molecule has 0 bridgehead atoms. The van der Waals surface area contributed by atoms with Crippen molar-refractivity contribution in [2.45, 2.75) is 13.2 Å². The lowest BCUT2D eigenvalue weighted by Gasteiger charge is -2.05. The van der Waals surface area contributed by atoms with Crippen molar-refractivity contribution >= 4 is 5.96 Å². The van der Waals surface area contributed by atoms with Crippen molar-refractivity contribution < 1.29 is 4.74 Å². The van der Waals surface area contributed by atoms with Gasteiger partial charge in [-0.05, 0) is 12.1 Å². The Morgan fingerprint density at radius 3 is 2.85 bits per heavy atom. The highest BCUT2D eigenvalue weighted by molar-refractivity contribution is 5.79. The number of guanidine groups is 1. The van der Waals surface area contributed by atoms with Crippen LogP contribution in [-0.2, 0) is 13.2 Å².